The van der Waals surface area contributed by atoms with Crippen LogP contribution in [0.25, 0.3) is 0 Å². The minimum absolute atomic E-state index is 0.0227. The van der Waals surface area contributed by atoms with Crippen LogP contribution >= 0.6 is 11.3 Å². The number of ether oxygens (including phenoxy) is 1. The van der Waals surface area contributed by atoms with Crippen molar-refractivity contribution in [3.63, 3.8) is 0 Å². The third-order valence-corrected chi connectivity index (χ3v) is 4.82. The van der Waals surface area contributed by atoms with Gasteiger partial charge in [0.05, 0.1) is 6.54 Å². The number of carbonyl (C=O) groups is 2. The molecule has 0 bridgehead atoms. The van der Waals surface area contributed by atoms with Crippen LogP contribution in [0.1, 0.15) is 24.1 Å². The van der Waals surface area contributed by atoms with Crippen LogP contribution in [0.5, 0.6) is 0 Å². The Hall–Kier alpha value is -2.34. The van der Waals surface area contributed by atoms with Gasteiger partial charge in [-0.05, 0) is 55.0 Å². The molecule has 0 spiro atoms. The Labute approximate surface area is 145 Å². The molecule has 5 nitrogen and oxygen atoms in total. The van der Waals surface area contributed by atoms with E-state index in [4.69, 9.17) is 4.74 Å². The standard InChI is InChI=1S/C18H20N2O3S/c21-17(6-2-1-4-16-5-3-13-24-16)19-14-7-9-15(10-8-14)20-11-12-23-18(20)22/h3,5,7-10,13H,1-2,4,6,11-12H2,(H,19,21). The van der Waals surface area contributed by atoms with Crippen molar-refractivity contribution >= 4 is 34.7 Å². The summed E-state index contributed by atoms with van der Waals surface area (Å²) in [5, 5.41) is 4.97. The number of amides is 2. The SMILES string of the molecule is O=C(CCCCc1cccs1)Nc1ccc(N2CCOC2=O)cc1. The van der Waals surface area contributed by atoms with Gasteiger partial charge in [-0.2, -0.15) is 0 Å². The number of cyclic esters (lactones) is 1. The fraction of sp³-hybridized carbons (Fsp3) is 0.333. The molecule has 2 heterocycles. The summed E-state index contributed by atoms with van der Waals surface area (Å²) in [6.45, 7) is 0.984. The number of benzene rings is 1. The summed E-state index contributed by atoms with van der Waals surface area (Å²) in [5.41, 5.74) is 1.53. The second-order valence-electron chi connectivity index (χ2n) is 5.65. The van der Waals surface area contributed by atoms with Gasteiger partial charge in [0.2, 0.25) is 5.91 Å². The fourth-order valence-electron chi connectivity index (χ4n) is 2.62. The van der Waals surface area contributed by atoms with Crippen LogP contribution < -0.4 is 10.2 Å². The van der Waals surface area contributed by atoms with Crippen LogP contribution in [0.4, 0.5) is 16.2 Å². The average molecular weight is 344 g/mol. The van der Waals surface area contributed by atoms with Crippen LogP contribution in [0, 0.1) is 0 Å². The van der Waals surface area contributed by atoms with Crippen LogP contribution in [-0.4, -0.2) is 25.2 Å². The molecule has 0 radical (unpaired) electrons. The van der Waals surface area contributed by atoms with Gasteiger partial charge in [0.25, 0.3) is 0 Å². The predicted molar refractivity (Wildman–Crippen MR) is 95.6 cm³/mol. The zero-order chi connectivity index (χ0) is 16.8. The molecule has 1 aliphatic rings. The van der Waals surface area contributed by atoms with Crippen molar-refractivity contribution in [2.75, 3.05) is 23.4 Å². The van der Waals surface area contributed by atoms with E-state index in [-0.39, 0.29) is 12.0 Å². The first kappa shape index (κ1) is 16.5. The highest BCUT2D eigenvalue weighted by molar-refractivity contribution is 7.09. The molecule has 1 aliphatic heterocycles. The van der Waals surface area contributed by atoms with E-state index in [1.54, 1.807) is 16.2 Å². The molecule has 2 amide bonds. The van der Waals surface area contributed by atoms with Gasteiger partial charge in [-0.25, -0.2) is 4.79 Å². The average Bonchev–Trinajstić information content (AvgIpc) is 3.24. The maximum absolute atomic E-state index is 12.0. The molecular weight excluding hydrogens is 324 g/mol. The van der Waals surface area contributed by atoms with Gasteiger partial charge < -0.3 is 10.1 Å². The molecular formula is C18H20N2O3S. The minimum atomic E-state index is -0.322. The zero-order valence-electron chi connectivity index (χ0n) is 13.4. The monoisotopic (exact) mass is 344 g/mol. The van der Waals surface area contributed by atoms with Crippen molar-refractivity contribution in [2.45, 2.75) is 25.7 Å². The van der Waals surface area contributed by atoms with E-state index >= 15 is 0 Å². The van der Waals surface area contributed by atoms with Gasteiger partial charge in [0.1, 0.15) is 6.61 Å². The lowest BCUT2D eigenvalue weighted by Gasteiger charge is -2.13. The quantitative estimate of drug-likeness (QED) is 0.771. The highest BCUT2D eigenvalue weighted by Gasteiger charge is 2.23. The van der Waals surface area contributed by atoms with Crippen molar-refractivity contribution in [3.8, 4) is 0 Å². The first-order valence-electron chi connectivity index (χ1n) is 8.09. The van der Waals surface area contributed by atoms with Crippen LogP contribution in [0.2, 0.25) is 0 Å². The summed E-state index contributed by atoms with van der Waals surface area (Å²) in [7, 11) is 0. The lowest BCUT2D eigenvalue weighted by molar-refractivity contribution is -0.116. The number of anilines is 2. The molecule has 1 aromatic heterocycles. The Balaban J connectivity index is 1.42. The van der Waals surface area contributed by atoms with Gasteiger partial charge in [0.15, 0.2) is 0 Å². The van der Waals surface area contributed by atoms with Gasteiger partial charge >= 0.3 is 6.09 Å². The molecule has 1 N–H and O–H groups in total. The van der Waals surface area contributed by atoms with Crippen molar-refractivity contribution in [1.29, 1.82) is 0 Å². The molecule has 0 unspecified atom stereocenters. The minimum Gasteiger partial charge on any atom is -0.447 e. The second kappa shape index (κ2) is 7.97. The number of thiophene rings is 1. The van der Waals surface area contributed by atoms with E-state index in [1.165, 1.54) is 4.88 Å². The molecule has 1 saturated heterocycles. The van der Waals surface area contributed by atoms with E-state index in [2.05, 4.69) is 22.8 Å². The molecule has 1 aromatic carbocycles. The molecule has 6 heteroatoms. The predicted octanol–water partition coefficient (Wildman–Crippen LogP) is 4.06. The maximum Gasteiger partial charge on any atom is 0.414 e. The lowest BCUT2D eigenvalue weighted by atomic mass is 10.1. The van der Waals surface area contributed by atoms with E-state index in [9.17, 15) is 9.59 Å². The van der Waals surface area contributed by atoms with Crippen molar-refractivity contribution in [1.82, 2.24) is 0 Å². The van der Waals surface area contributed by atoms with Crippen molar-refractivity contribution < 1.29 is 14.3 Å². The topological polar surface area (TPSA) is 58.6 Å². The highest BCUT2D eigenvalue weighted by Crippen LogP contribution is 2.21. The first-order valence-corrected chi connectivity index (χ1v) is 8.97. The Bertz CT molecular complexity index is 683. The number of unbranched alkanes of at least 4 members (excludes halogenated alkanes) is 1. The number of hydrogen-bond donors (Lipinski definition) is 1. The second-order valence-corrected chi connectivity index (χ2v) is 6.68. The molecule has 3 rings (SSSR count). The molecule has 126 valence electrons. The van der Waals surface area contributed by atoms with Crippen molar-refractivity contribution in [2.24, 2.45) is 0 Å². The Kier molecular flexibility index (Phi) is 5.48. The summed E-state index contributed by atoms with van der Waals surface area (Å²) in [6.07, 6.45) is 3.13. The zero-order valence-corrected chi connectivity index (χ0v) is 14.2. The number of nitrogens with zero attached hydrogens (tertiary/aromatic N) is 1. The third-order valence-electron chi connectivity index (χ3n) is 3.88. The number of rotatable bonds is 7. The van der Waals surface area contributed by atoms with Crippen molar-refractivity contribution in [3.05, 3.63) is 46.7 Å². The number of aryl methyl sites for hydroxylation is 1. The van der Waals surface area contributed by atoms with Crippen LogP contribution in [0.15, 0.2) is 41.8 Å². The Morgan fingerprint density at radius 1 is 1.21 bits per heavy atom. The number of hydrogen-bond acceptors (Lipinski definition) is 4. The number of carbonyl (C=O) groups excluding carboxylic acids is 2. The molecule has 0 atom stereocenters. The summed E-state index contributed by atoms with van der Waals surface area (Å²) in [6, 6.07) is 11.4. The molecule has 0 aliphatic carbocycles. The summed E-state index contributed by atoms with van der Waals surface area (Å²) < 4.78 is 4.91. The van der Waals surface area contributed by atoms with E-state index in [1.807, 2.05) is 24.3 Å². The summed E-state index contributed by atoms with van der Waals surface area (Å²) in [5.74, 6) is 0.0227. The smallest absolute Gasteiger partial charge is 0.414 e. The maximum atomic E-state index is 12.0. The summed E-state index contributed by atoms with van der Waals surface area (Å²) in [4.78, 5) is 26.4. The third kappa shape index (κ3) is 4.35. The van der Waals surface area contributed by atoms with E-state index in [0.29, 0.717) is 19.6 Å². The van der Waals surface area contributed by atoms with Crippen LogP contribution in [-0.2, 0) is 16.0 Å². The van der Waals surface area contributed by atoms with Gasteiger partial charge in [0, 0.05) is 22.7 Å². The Morgan fingerprint density at radius 2 is 2.04 bits per heavy atom. The van der Waals surface area contributed by atoms with Gasteiger partial charge in [-0.15, -0.1) is 11.3 Å². The molecule has 0 saturated carbocycles. The van der Waals surface area contributed by atoms with E-state index in [0.717, 1.165) is 30.6 Å². The molecule has 1 fully saturated rings. The van der Waals surface area contributed by atoms with Gasteiger partial charge in [-0.1, -0.05) is 6.07 Å². The normalized spacial score (nSPS) is 13.8. The molecule has 24 heavy (non-hydrogen) atoms. The Morgan fingerprint density at radius 3 is 2.71 bits per heavy atom. The van der Waals surface area contributed by atoms with E-state index < -0.39 is 0 Å². The van der Waals surface area contributed by atoms with Crippen LogP contribution in [0.3, 0.4) is 0 Å². The van der Waals surface area contributed by atoms with Gasteiger partial charge in [-0.3, -0.25) is 9.69 Å². The number of nitrogens with one attached hydrogen (secondary N) is 1. The fourth-order valence-corrected chi connectivity index (χ4v) is 3.37. The molecule has 2 aromatic rings. The lowest BCUT2D eigenvalue weighted by Crippen LogP contribution is -2.23. The largest absolute Gasteiger partial charge is 0.447 e. The first-order chi connectivity index (χ1) is 11.7. The highest BCUT2D eigenvalue weighted by atomic mass is 32.1. The summed E-state index contributed by atoms with van der Waals surface area (Å²) >= 11 is 1.76.